The molecule has 1 N–H and O–H groups in total. The summed E-state index contributed by atoms with van der Waals surface area (Å²) in [5.74, 6) is 0.247. The van der Waals surface area contributed by atoms with E-state index in [1.165, 1.54) is 13.0 Å². The van der Waals surface area contributed by atoms with E-state index in [1.54, 1.807) is 6.07 Å². The second kappa shape index (κ2) is 6.49. The molecule has 0 fully saturated rings. The van der Waals surface area contributed by atoms with Crippen molar-refractivity contribution in [2.45, 2.75) is 24.9 Å². The third kappa shape index (κ3) is 3.17. The van der Waals surface area contributed by atoms with Gasteiger partial charge in [0.2, 0.25) is 0 Å². The molecule has 0 radical (unpaired) electrons. The molecule has 0 amide bonds. The average molecular weight is 376 g/mol. The Morgan fingerprint density at radius 2 is 1.62 bits per heavy atom. The fourth-order valence-electron chi connectivity index (χ4n) is 2.34. The van der Waals surface area contributed by atoms with Crippen LogP contribution in [0, 0.1) is 18.3 Å². The van der Waals surface area contributed by atoms with Gasteiger partial charge in [-0.15, -0.1) is 0 Å². The zero-order chi connectivity index (χ0) is 19.8. The number of nitrogens with zero attached hydrogens (tertiary/aromatic N) is 2. The number of aromatic nitrogens is 1. The van der Waals surface area contributed by atoms with Gasteiger partial charge in [-0.2, -0.15) is 31.6 Å². The number of nitriles is 1. The number of allylic oxidation sites excluding steroid dienone is 1. The number of hydrogen-bond donors (Lipinski definition) is 1. The highest BCUT2D eigenvalue weighted by Gasteiger charge is 2.71. The van der Waals surface area contributed by atoms with Gasteiger partial charge in [0.1, 0.15) is 11.5 Å². The first-order valence-corrected chi connectivity index (χ1v) is 6.92. The lowest BCUT2D eigenvalue weighted by molar-refractivity contribution is -0.376. The molecule has 10 heteroatoms. The molecular formula is C16H10F6N2O2. The number of aryl methyl sites for hydroxylation is 1. The molecule has 1 aromatic heterocycles. The van der Waals surface area contributed by atoms with Gasteiger partial charge in [0, 0.05) is 11.6 Å². The number of halogens is 6. The summed E-state index contributed by atoms with van der Waals surface area (Å²) in [4.78, 5) is 0. The SMILES string of the molecule is Cc1onc(/C=C/C#N)c1-c1ccc(C(O)(C(F)(F)F)C(F)(F)F)cc1. The first-order chi connectivity index (χ1) is 11.9. The maximum Gasteiger partial charge on any atom is 0.430 e. The highest BCUT2D eigenvalue weighted by Crippen LogP contribution is 2.50. The summed E-state index contributed by atoms with van der Waals surface area (Å²) >= 11 is 0. The van der Waals surface area contributed by atoms with Gasteiger partial charge in [-0.05, 0) is 18.6 Å². The van der Waals surface area contributed by atoms with Gasteiger partial charge in [0.25, 0.3) is 5.60 Å². The predicted octanol–water partition coefficient (Wildman–Crippen LogP) is 4.50. The Kier molecular flexibility index (Phi) is 4.88. The summed E-state index contributed by atoms with van der Waals surface area (Å²) in [7, 11) is 0. The normalized spacial score (nSPS) is 13.2. The second-order valence-electron chi connectivity index (χ2n) is 5.24. The molecule has 4 nitrogen and oxygen atoms in total. The van der Waals surface area contributed by atoms with Crippen molar-refractivity contribution in [1.29, 1.82) is 5.26 Å². The Labute approximate surface area is 142 Å². The smallest absolute Gasteiger partial charge is 0.369 e. The van der Waals surface area contributed by atoms with Gasteiger partial charge < -0.3 is 9.63 Å². The van der Waals surface area contributed by atoms with Gasteiger partial charge in [0.15, 0.2) is 0 Å². The summed E-state index contributed by atoms with van der Waals surface area (Å²) in [6.45, 7) is 1.49. The lowest BCUT2D eigenvalue weighted by Crippen LogP contribution is -2.53. The van der Waals surface area contributed by atoms with E-state index in [-0.39, 0.29) is 17.0 Å². The summed E-state index contributed by atoms with van der Waals surface area (Å²) in [6, 6.07) is 4.72. The van der Waals surface area contributed by atoms with Crippen molar-refractivity contribution in [1.82, 2.24) is 5.16 Å². The second-order valence-corrected chi connectivity index (χ2v) is 5.24. The van der Waals surface area contributed by atoms with Gasteiger partial charge >= 0.3 is 12.4 Å². The van der Waals surface area contributed by atoms with Crippen molar-refractivity contribution in [2.75, 3.05) is 0 Å². The molecule has 2 rings (SSSR count). The molecule has 1 heterocycles. The monoisotopic (exact) mass is 376 g/mol. The first kappa shape index (κ1) is 19.5. The van der Waals surface area contributed by atoms with Gasteiger partial charge in [-0.3, -0.25) is 0 Å². The van der Waals surface area contributed by atoms with Crippen molar-refractivity contribution in [3.63, 3.8) is 0 Å². The van der Waals surface area contributed by atoms with Crippen LogP contribution < -0.4 is 0 Å². The van der Waals surface area contributed by atoms with Crippen LogP contribution in [0.4, 0.5) is 26.3 Å². The van der Waals surface area contributed by atoms with Crippen LogP contribution in [0.15, 0.2) is 34.9 Å². The fourth-order valence-corrected chi connectivity index (χ4v) is 2.34. The molecule has 0 saturated heterocycles. The van der Waals surface area contributed by atoms with Crippen LogP contribution in [0.2, 0.25) is 0 Å². The van der Waals surface area contributed by atoms with Crippen LogP contribution in [0.3, 0.4) is 0 Å². The predicted molar refractivity (Wildman–Crippen MR) is 77.3 cm³/mol. The number of aliphatic hydroxyl groups is 1. The van der Waals surface area contributed by atoms with Crippen molar-refractivity contribution in [3.05, 3.63) is 47.4 Å². The molecule has 0 aliphatic heterocycles. The minimum Gasteiger partial charge on any atom is -0.369 e. The summed E-state index contributed by atoms with van der Waals surface area (Å²) in [6.07, 6.45) is -9.55. The highest BCUT2D eigenvalue weighted by molar-refractivity contribution is 5.75. The Bertz CT molecular complexity index is 843. The third-order valence-electron chi connectivity index (χ3n) is 3.62. The molecule has 2 aromatic rings. The molecule has 0 aliphatic rings. The van der Waals surface area contributed by atoms with E-state index in [2.05, 4.69) is 5.16 Å². The molecule has 0 aliphatic carbocycles. The van der Waals surface area contributed by atoms with Gasteiger partial charge in [-0.25, -0.2) is 0 Å². The van der Waals surface area contributed by atoms with Crippen LogP contribution in [0.5, 0.6) is 0 Å². The van der Waals surface area contributed by atoms with Crippen LogP contribution in [0.25, 0.3) is 17.2 Å². The number of benzene rings is 1. The van der Waals surface area contributed by atoms with Crippen LogP contribution >= 0.6 is 0 Å². The van der Waals surface area contributed by atoms with Crippen molar-refractivity contribution in [2.24, 2.45) is 0 Å². The molecule has 0 spiro atoms. The van der Waals surface area contributed by atoms with Gasteiger partial charge in [-0.1, -0.05) is 29.4 Å². The zero-order valence-electron chi connectivity index (χ0n) is 13.0. The first-order valence-electron chi connectivity index (χ1n) is 6.92. The van der Waals surface area contributed by atoms with Crippen LogP contribution in [0.1, 0.15) is 17.0 Å². The average Bonchev–Trinajstić information content (AvgIpc) is 2.91. The van der Waals surface area contributed by atoms with E-state index in [4.69, 9.17) is 9.78 Å². The molecule has 0 saturated carbocycles. The topological polar surface area (TPSA) is 70.0 Å². The van der Waals surface area contributed by atoms with Gasteiger partial charge in [0.05, 0.1) is 11.6 Å². The minimum absolute atomic E-state index is 0.179. The van der Waals surface area contributed by atoms with Crippen molar-refractivity contribution in [3.8, 4) is 17.2 Å². The largest absolute Gasteiger partial charge is 0.430 e. The molecule has 0 unspecified atom stereocenters. The Hall–Kier alpha value is -2.80. The number of rotatable bonds is 3. The van der Waals surface area contributed by atoms with E-state index in [0.717, 1.165) is 18.2 Å². The van der Waals surface area contributed by atoms with E-state index in [9.17, 15) is 31.4 Å². The van der Waals surface area contributed by atoms with Crippen LogP contribution in [-0.2, 0) is 5.60 Å². The Morgan fingerprint density at radius 3 is 2.08 bits per heavy atom. The van der Waals surface area contributed by atoms with E-state index in [0.29, 0.717) is 17.7 Å². The lowest BCUT2D eigenvalue weighted by atomic mass is 9.90. The maximum absolute atomic E-state index is 12.9. The molecule has 138 valence electrons. The molecule has 26 heavy (non-hydrogen) atoms. The summed E-state index contributed by atoms with van der Waals surface area (Å²) < 4.78 is 82.3. The maximum atomic E-state index is 12.9. The quantitative estimate of drug-likeness (QED) is 0.633. The minimum atomic E-state index is -5.96. The van der Waals surface area contributed by atoms with Crippen molar-refractivity contribution < 1.29 is 36.0 Å². The molecule has 0 atom stereocenters. The summed E-state index contributed by atoms with van der Waals surface area (Å²) in [5, 5.41) is 21.6. The number of alkyl halides is 6. The zero-order valence-corrected chi connectivity index (χ0v) is 13.0. The molecule has 1 aromatic carbocycles. The van der Waals surface area contributed by atoms with E-state index < -0.39 is 23.5 Å². The Balaban J connectivity index is 2.55. The molecular weight excluding hydrogens is 366 g/mol. The Morgan fingerprint density at radius 1 is 1.08 bits per heavy atom. The standard InChI is InChI=1S/C16H10F6N2O2/c1-9-13(12(24-26-9)3-2-8-23)10-4-6-11(7-5-10)14(25,15(17,18)19)16(20,21)22/h2-7,25H,1H3/b3-2+. The molecule has 0 bridgehead atoms. The number of hydrogen-bond acceptors (Lipinski definition) is 4. The lowest BCUT2D eigenvalue weighted by Gasteiger charge is -2.32. The highest BCUT2D eigenvalue weighted by atomic mass is 19.4. The van der Waals surface area contributed by atoms with Crippen LogP contribution in [-0.4, -0.2) is 22.6 Å². The van der Waals surface area contributed by atoms with Crippen molar-refractivity contribution >= 4 is 6.08 Å². The van der Waals surface area contributed by atoms with E-state index >= 15 is 0 Å². The van der Waals surface area contributed by atoms with E-state index in [1.807, 2.05) is 0 Å². The third-order valence-corrected chi connectivity index (χ3v) is 3.62. The summed E-state index contributed by atoms with van der Waals surface area (Å²) in [5.41, 5.74) is -5.68. The fraction of sp³-hybridized carbons (Fsp3) is 0.250.